The summed E-state index contributed by atoms with van der Waals surface area (Å²) in [6.45, 7) is 1.65. The Morgan fingerprint density at radius 3 is 2.76 bits per heavy atom. The zero-order valence-corrected chi connectivity index (χ0v) is 10.0. The molecular weight excluding hydrogens is 217 g/mol. The van der Waals surface area contributed by atoms with Gasteiger partial charge < -0.3 is 10.6 Å². The van der Waals surface area contributed by atoms with Gasteiger partial charge in [0.05, 0.1) is 0 Å². The molecule has 0 bridgehead atoms. The van der Waals surface area contributed by atoms with Gasteiger partial charge in [-0.1, -0.05) is 12.1 Å². The summed E-state index contributed by atoms with van der Waals surface area (Å²) in [4.78, 5) is 2.14. The monoisotopic (exact) mass is 235 g/mol. The molecule has 1 saturated carbocycles. The summed E-state index contributed by atoms with van der Waals surface area (Å²) in [5.74, 6) is 0.432. The lowest BCUT2D eigenvalue weighted by atomic mass is 10.1. The van der Waals surface area contributed by atoms with Crippen molar-refractivity contribution in [3.05, 3.63) is 35.1 Å². The summed E-state index contributed by atoms with van der Waals surface area (Å²) in [6.07, 6.45) is 2.60. The van der Waals surface area contributed by atoms with Crippen LogP contribution in [0.15, 0.2) is 18.2 Å². The molecule has 0 atom stereocenters. The molecule has 17 heavy (non-hydrogen) atoms. The van der Waals surface area contributed by atoms with Crippen LogP contribution in [0.3, 0.4) is 0 Å². The molecule has 0 radical (unpaired) electrons. The molecule has 0 amide bonds. The lowest BCUT2D eigenvalue weighted by Gasteiger charge is -2.16. The van der Waals surface area contributed by atoms with E-state index in [4.69, 9.17) is 11.1 Å². The fraction of sp³-hybridized carbons (Fsp3) is 0.462. The predicted molar refractivity (Wildman–Crippen MR) is 66.5 cm³/mol. The van der Waals surface area contributed by atoms with Gasteiger partial charge in [0.15, 0.2) is 0 Å². The van der Waals surface area contributed by atoms with Crippen LogP contribution in [0.4, 0.5) is 4.39 Å². The molecule has 1 aliphatic carbocycles. The number of nitrogen functional groups attached to an aromatic ring is 1. The molecule has 1 fully saturated rings. The smallest absolute Gasteiger partial charge is 0.128 e. The van der Waals surface area contributed by atoms with Gasteiger partial charge in [-0.3, -0.25) is 5.41 Å². The van der Waals surface area contributed by atoms with Crippen LogP contribution in [0.5, 0.6) is 0 Å². The average molecular weight is 235 g/mol. The first-order chi connectivity index (χ1) is 8.06. The van der Waals surface area contributed by atoms with Gasteiger partial charge in [0, 0.05) is 24.2 Å². The Morgan fingerprint density at radius 2 is 2.24 bits per heavy atom. The third kappa shape index (κ3) is 3.27. The van der Waals surface area contributed by atoms with Crippen LogP contribution in [0.1, 0.15) is 24.0 Å². The molecule has 92 valence electrons. The lowest BCUT2D eigenvalue weighted by molar-refractivity contribution is 0.308. The Hall–Kier alpha value is -1.42. The number of hydrogen-bond donors (Lipinski definition) is 2. The number of hydrogen-bond acceptors (Lipinski definition) is 2. The number of benzene rings is 1. The second-order valence-corrected chi connectivity index (χ2v) is 4.86. The zero-order chi connectivity index (χ0) is 12.4. The molecule has 1 aliphatic rings. The normalized spacial score (nSPS) is 15.2. The van der Waals surface area contributed by atoms with E-state index in [9.17, 15) is 4.39 Å². The van der Waals surface area contributed by atoms with E-state index in [1.165, 1.54) is 18.9 Å². The minimum Gasteiger partial charge on any atom is -0.384 e. The average Bonchev–Trinajstić information content (AvgIpc) is 3.04. The van der Waals surface area contributed by atoms with Crippen LogP contribution in [0.2, 0.25) is 0 Å². The highest BCUT2D eigenvalue weighted by Crippen LogP contribution is 2.29. The summed E-state index contributed by atoms with van der Waals surface area (Å²) >= 11 is 0. The SMILES string of the molecule is CN(Cc1ccc(C(=N)N)cc1F)CC1CC1. The second-order valence-electron chi connectivity index (χ2n) is 4.86. The third-order valence-electron chi connectivity index (χ3n) is 3.07. The first-order valence-corrected chi connectivity index (χ1v) is 5.87. The van der Waals surface area contributed by atoms with Crippen LogP contribution >= 0.6 is 0 Å². The maximum atomic E-state index is 13.7. The van der Waals surface area contributed by atoms with E-state index in [0.717, 1.165) is 12.5 Å². The molecular formula is C13H18FN3. The summed E-state index contributed by atoms with van der Waals surface area (Å²) in [7, 11) is 2.01. The lowest BCUT2D eigenvalue weighted by Crippen LogP contribution is -2.21. The van der Waals surface area contributed by atoms with Gasteiger partial charge in [-0.15, -0.1) is 0 Å². The van der Waals surface area contributed by atoms with Crippen molar-refractivity contribution in [2.75, 3.05) is 13.6 Å². The first kappa shape index (κ1) is 12.0. The Morgan fingerprint density at radius 1 is 1.53 bits per heavy atom. The van der Waals surface area contributed by atoms with Crippen molar-refractivity contribution in [2.24, 2.45) is 11.7 Å². The summed E-state index contributed by atoms with van der Waals surface area (Å²) < 4.78 is 13.7. The molecule has 2 rings (SSSR count). The van der Waals surface area contributed by atoms with Gasteiger partial charge in [-0.05, 0) is 31.9 Å². The van der Waals surface area contributed by atoms with E-state index in [-0.39, 0.29) is 11.7 Å². The fourth-order valence-corrected chi connectivity index (χ4v) is 1.94. The molecule has 4 heteroatoms. The Labute approximate surface area is 101 Å². The largest absolute Gasteiger partial charge is 0.384 e. The van der Waals surface area contributed by atoms with Crippen molar-refractivity contribution in [3.63, 3.8) is 0 Å². The molecule has 0 spiro atoms. The maximum absolute atomic E-state index is 13.7. The highest BCUT2D eigenvalue weighted by atomic mass is 19.1. The summed E-state index contributed by atoms with van der Waals surface area (Å²) in [5.41, 5.74) is 6.42. The van der Waals surface area contributed by atoms with E-state index in [2.05, 4.69) is 4.90 Å². The van der Waals surface area contributed by atoms with Crippen LogP contribution in [-0.2, 0) is 6.54 Å². The molecule has 0 aromatic heterocycles. The van der Waals surface area contributed by atoms with Gasteiger partial charge in [0.1, 0.15) is 11.7 Å². The fourth-order valence-electron chi connectivity index (χ4n) is 1.94. The Balaban J connectivity index is 2.02. The van der Waals surface area contributed by atoms with Gasteiger partial charge in [-0.2, -0.15) is 0 Å². The third-order valence-corrected chi connectivity index (χ3v) is 3.07. The van der Waals surface area contributed by atoms with Crippen LogP contribution in [0, 0.1) is 17.1 Å². The number of nitrogens with one attached hydrogen (secondary N) is 1. The summed E-state index contributed by atoms with van der Waals surface area (Å²) in [5, 5.41) is 7.25. The number of halogens is 1. The summed E-state index contributed by atoms with van der Waals surface area (Å²) in [6, 6.07) is 4.75. The highest BCUT2D eigenvalue weighted by Gasteiger charge is 2.23. The molecule has 0 aliphatic heterocycles. The van der Waals surface area contributed by atoms with Gasteiger partial charge in [0.25, 0.3) is 0 Å². The quantitative estimate of drug-likeness (QED) is 0.605. The highest BCUT2D eigenvalue weighted by molar-refractivity contribution is 5.94. The number of nitrogens with zero attached hydrogens (tertiary/aromatic N) is 1. The van der Waals surface area contributed by atoms with Crippen molar-refractivity contribution in [1.29, 1.82) is 5.41 Å². The first-order valence-electron chi connectivity index (χ1n) is 5.87. The van der Waals surface area contributed by atoms with Crippen molar-refractivity contribution in [2.45, 2.75) is 19.4 Å². The molecule has 0 saturated heterocycles. The maximum Gasteiger partial charge on any atom is 0.128 e. The molecule has 3 N–H and O–H groups in total. The minimum absolute atomic E-state index is 0.0956. The van der Waals surface area contributed by atoms with Crippen molar-refractivity contribution in [3.8, 4) is 0 Å². The Kier molecular flexibility index (Phi) is 3.43. The van der Waals surface area contributed by atoms with Crippen molar-refractivity contribution >= 4 is 5.84 Å². The van der Waals surface area contributed by atoms with Crippen molar-refractivity contribution in [1.82, 2.24) is 4.90 Å². The topological polar surface area (TPSA) is 53.1 Å². The molecule has 3 nitrogen and oxygen atoms in total. The van der Waals surface area contributed by atoms with E-state index >= 15 is 0 Å². The van der Waals surface area contributed by atoms with Gasteiger partial charge in [0.2, 0.25) is 0 Å². The molecule has 1 aromatic rings. The number of amidine groups is 1. The van der Waals surface area contributed by atoms with Crippen LogP contribution < -0.4 is 5.73 Å². The van der Waals surface area contributed by atoms with Crippen LogP contribution in [0.25, 0.3) is 0 Å². The van der Waals surface area contributed by atoms with Gasteiger partial charge >= 0.3 is 0 Å². The van der Waals surface area contributed by atoms with Crippen molar-refractivity contribution < 1.29 is 4.39 Å². The number of rotatable bonds is 5. The zero-order valence-electron chi connectivity index (χ0n) is 10.0. The molecule has 1 aromatic carbocycles. The molecule has 0 unspecified atom stereocenters. The number of nitrogens with two attached hydrogens (primary N) is 1. The minimum atomic E-state index is -0.277. The standard InChI is InChI=1S/C13H18FN3/c1-17(7-9-2-3-9)8-11-5-4-10(13(15)16)6-12(11)14/h4-6,9H,2-3,7-8H2,1H3,(H3,15,16). The van der Waals surface area contributed by atoms with Crippen LogP contribution in [-0.4, -0.2) is 24.3 Å². The molecule has 0 heterocycles. The second kappa shape index (κ2) is 4.84. The van der Waals surface area contributed by atoms with E-state index in [0.29, 0.717) is 17.7 Å². The van der Waals surface area contributed by atoms with Gasteiger partial charge in [-0.25, -0.2) is 4.39 Å². The predicted octanol–water partition coefficient (Wildman–Crippen LogP) is 1.95. The van der Waals surface area contributed by atoms with E-state index < -0.39 is 0 Å². The Bertz CT molecular complexity index is 427. The van der Waals surface area contributed by atoms with E-state index in [1.54, 1.807) is 12.1 Å². The van der Waals surface area contributed by atoms with E-state index in [1.807, 2.05) is 7.05 Å².